The van der Waals surface area contributed by atoms with Crippen molar-refractivity contribution in [2.45, 2.75) is 46.0 Å². The van der Waals surface area contributed by atoms with Gasteiger partial charge in [0, 0.05) is 14.7 Å². The molecule has 1 heterocycles. The summed E-state index contributed by atoms with van der Waals surface area (Å²) in [5.74, 6) is -0.623. The van der Waals surface area contributed by atoms with Crippen LogP contribution in [0.3, 0.4) is 0 Å². The van der Waals surface area contributed by atoms with Crippen LogP contribution >= 0.6 is 27.3 Å². The van der Waals surface area contributed by atoms with E-state index in [9.17, 15) is 9.90 Å². The minimum absolute atomic E-state index is 0.301. The topological polar surface area (TPSA) is 37.3 Å². The average Bonchev–Trinajstić information content (AvgIpc) is 2.67. The Labute approximate surface area is 121 Å². The summed E-state index contributed by atoms with van der Waals surface area (Å²) < 4.78 is 1.05. The van der Waals surface area contributed by atoms with Gasteiger partial charge in [-0.25, -0.2) is 0 Å². The van der Waals surface area contributed by atoms with Gasteiger partial charge in [-0.2, -0.15) is 0 Å². The van der Waals surface area contributed by atoms with Gasteiger partial charge in [-0.1, -0.05) is 13.8 Å². The summed E-state index contributed by atoms with van der Waals surface area (Å²) in [4.78, 5) is 12.9. The Morgan fingerprint density at radius 3 is 2.44 bits per heavy atom. The molecule has 0 amide bonds. The molecule has 2 nitrogen and oxygen atoms in total. The van der Waals surface area contributed by atoms with E-state index in [-0.39, 0.29) is 0 Å². The second-order valence-corrected chi connectivity index (χ2v) is 8.07. The van der Waals surface area contributed by atoms with E-state index in [1.807, 2.05) is 5.38 Å². The lowest BCUT2D eigenvalue weighted by Crippen LogP contribution is -2.39. The van der Waals surface area contributed by atoms with Gasteiger partial charge in [0.05, 0.1) is 5.41 Å². The predicted molar refractivity (Wildman–Crippen MR) is 78.0 cm³/mol. The van der Waals surface area contributed by atoms with Crippen molar-refractivity contribution >= 4 is 33.2 Å². The molecular formula is C14H19BrO2S. The summed E-state index contributed by atoms with van der Waals surface area (Å²) in [6.07, 6.45) is 4.28. The highest BCUT2D eigenvalue weighted by molar-refractivity contribution is 9.10. The number of aliphatic carboxylic acids is 1. The zero-order valence-corrected chi connectivity index (χ0v) is 13.2. The number of thiophene rings is 1. The van der Waals surface area contributed by atoms with E-state index in [1.165, 1.54) is 4.88 Å². The van der Waals surface area contributed by atoms with Gasteiger partial charge in [0.1, 0.15) is 0 Å². The van der Waals surface area contributed by atoms with Crippen molar-refractivity contribution in [1.82, 2.24) is 0 Å². The lowest BCUT2D eigenvalue weighted by Gasteiger charge is -2.40. The minimum atomic E-state index is -0.623. The molecule has 100 valence electrons. The molecule has 0 saturated heterocycles. The first kappa shape index (κ1) is 14.1. The number of hydrogen-bond donors (Lipinski definition) is 1. The van der Waals surface area contributed by atoms with Gasteiger partial charge in [-0.05, 0) is 59.5 Å². The van der Waals surface area contributed by atoms with Crippen LogP contribution in [0.25, 0.3) is 0 Å². The molecule has 0 radical (unpaired) electrons. The highest BCUT2D eigenvalue weighted by Crippen LogP contribution is 2.47. The van der Waals surface area contributed by atoms with Crippen molar-refractivity contribution < 1.29 is 9.90 Å². The van der Waals surface area contributed by atoms with Crippen molar-refractivity contribution in [2.24, 2.45) is 10.8 Å². The van der Waals surface area contributed by atoms with E-state index < -0.39 is 11.4 Å². The van der Waals surface area contributed by atoms with Gasteiger partial charge in [0.25, 0.3) is 0 Å². The van der Waals surface area contributed by atoms with E-state index in [1.54, 1.807) is 11.3 Å². The highest BCUT2D eigenvalue weighted by Gasteiger charge is 2.44. The maximum atomic E-state index is 11.7. The van der Waals surface area contributed by atoms with E-state index in [4.69, 9.17) is 0 Å². The van der Waals surface area contributed by atoms with Crippen LogP contribution in [0.4, 0.5) is 0 Å². The van der Waals surface area contributed by atoms with Crippen molar-refractivity contribution in [2.75, 3.05) is 0 Å². The van der Waals surface area contributed by atoms with Crippen LogP contribution in [-0.4, -0.2) is 11.1 Å². The van der Waals surface area contributed by atoms with E-state index in [0.29, 0.717) is 11.8 Å². The van der Waals surface area contributed by atoms with Crippen LogP contribution in [0.5, 0.6) is 0 Å². The Morgan fingerprint density at radius 2 is 2.00 bits per heavy atom. The summed E-state index contributed by atoms with van der Waals surface area (Å²) in [5, 5.41) is 11.6. The Balaban J connectivity index is 2.16. The third-order valence-corrected chi connectivity index (χ3v) is 5.85. The Morgan fingerprint density at radius 1 is 1.39 bits per heavy atom. The van der Waals surface area contributed by atoms with Gasteiger partial charge in [0.15, 0.2) is 0 Å². The fourth-order valence-corrected chi connectivity index (χ4v) is 4.25. The maximum absolute atomic E-state index is 11.7. The van der Waals surface area contributed by atoms with Crippen molar-refractivity contribution in [3.8, 4) is 0 Å². The Kier molecular flexibility index (Phi) is 3.88. The Bertz CT molecular complexity index is 440. The molecule has 0 spiro atoms. The van der Waals surface area contributed by atoms with E-state index in [2.05, 4.69) is 35.8 Å². The fraction of sp³-hybridized carbons (Fsp3) is 0.643. The first-order valence-electron chi connectivity index (χ1n) is 6.29. The van der Waals surface area contributed by atoms with Crippen molar-refractivity contribution in [3.05, 3.63) is 20.8 Å². The molecule has 0 atom stereocenters. The SMILES string of the molecule is CC1(C)CCC(Cc2cc(Br)cs2)(C(=O)O)CC1. The molecule has 1 fully saturated rings. The van der Waals surface area contributed by atoms with E-state index >= 15 is 0 Å². The number of carboxylic acid groups (broad SMARTS) is 1. The summed E-state index contributed by atoms with van der Waals surface area (Å²) in [6.45, 7) is 4.47. The molecule has 0 aliphatic heterocycles. The van der Waals surface area contributed by atoms with Crippen LogP contribution in [-0.2, 0) is 11.2 Å². The number of carbonyl (C=O) groups is 1. The molecule has 0 bridgehead atoms. The number of carboxylic acids is 1. The van der Waals surface area contributed by atoms with Gasteiger partial charge >= 0.3 is 5.97 Å². The van der Waals surface area contributed by atoms with Gasteiger partial charge in [-0.3, -0.25) is 4.79 Å². The zero-order valence-electron chi connectivity index (χ0n) is 10.8. The Hall–Kier alpha value is -0.350. The molecule has 0 aromatic carbocycles. The van der Waals surface area contributed by atoms with Crippen LogP contribution in [0.2, 0.25) is 0 Å². The second-order valence-electron chi connectivity index (χ2n) is 6.16. The smallest absolute Gasteiger partial charge is 0.309 e. The summed E-state index contributed by atoms with van der Waals surface area (Å²) in [5.41, 5.74) is -0.241. The van der Waals surface area contributed by atoms with Gasteiger partial charge in [0.2, 0.25) is 0 Å². The first-order valence-corrected chi connectivity index (χ1v) is 7.97. The number of rotatable bonds is 3. The fourth-order valence-electron chi connectivity index (χ4n) is 2.65. The number of halogens is 1. The third kappa shape index (κ3) is 2.97. The zero-order chi connectivity index (χ0) is 13.4. The first-order chi connectivity index (χ1) is 8.33. The minimum Gasteiger partial charge on any atom is -0.481 e. The number of hydrogen-bond acceptors (Lipinski definition) is 2. The van der Waals surface area contributed by atoms with Crippen molar-refractivity contribution in [1.29, 1.82) is 0 Å². The monoisotopic (exact) mass is 330 g/mol. The molecule has 4 heteroatoms. The standard InChI is InChI=1S/C14H19BrO2S/c1-13(2)3-5-14(6-4-13,12(16)17)8-11-7-10(15)9-18-11/h7,9H,3-6,8H2,1-2H3,(H,16,17). The third-order valence-electron chi connectivity index (χ3n) is 4.15. The molecular weight excluding hydrogens is 312 g/mol. The van der Waals surface area contributed by atoms with Crippen LogP contribution < -0.4 is 0 Å². The van der Waals surface area contributed by atoms with Gasteiger partial charge in [-0.15, -0.1) is 11.3 Å². The lowest BCUT2D eigenvalue weighted by atomic mass is 9.63. The molecule has 1 saturated carbocycles. The molecule has 0 unspecified atom stereocenters. The van der Waals surface area contributed by atoms with Crippen LogP contribution in [0.15, 0.2) is 15.9 Å². The molecule has 1 aromatic heterocycles. The largest absolute Gasteiger partial charge is 0.481 e. The summed E-state index contributed by atoms with van der Waals surface area (Å²) in [6, 6.07) is 2.05. The molecule has 1 aliphatic carbocycles. The predicted octanol–water partition coefficient (Wildman–Crippen LogP) is 4.72. The summed E-state index contributed by atoms with van der Waals surface area (Å²) in [7, 11) is 0. The maximum Gasteiger partial charge on any atom is 0.309 e. The lowest BCUT2D eigenvalue weighted by molar-refractivity contribution is -0.152. The summed E-state index contributed by atoms with van der Waals surface area (Å²) >= 11 is 5.08. The van der Waals surface area contributed by atoms with E-state index in [0.717, 1.165) is 30.2 Å². The van der Waals surface area contributed by atoms with Gasteiger partial charge < -0.3 is 5.11 Å². The van der Waals surface area contributed by atoms with Crippen LogP contribution in [0.1, 0.15) is 44.4 Å². The molecule has 18 heavy (non-hydrogen) atoms. The van der Waals surface area contributed by atoms with Crippen LogP contribution in [0, 0.1) is 10.8 Å². The molecule has 1 aliphatic rings. The molecule has 1 N–H and O–H groups in total. The highest BCUT2D eigenvalue weighted by atomic mass is 79.9. The second kappa shape index (κ2) is 4.97. The molecule has 1 aromatic rings. The quantitative estimate of drug-likeness (QED) is 0.870. The average molecular weight is 331 g/mol. The molecule has 2 rings (SSSR count). The van der Waals surface area contributed by atoms with Crippen molar-refractivity contribution in [3.63, 3.8) is 0 Å². The normalized spacial score (nSPS) is 21.7.